The Kier molecular flexibility index (Phi) is 6.03. The Balaban J connectivity index is 1.49. The molecule has 5 rings (SSSR count). The van der Waals surface area contributed by atoms with Crippen molar-refractivity contribution < 1.29 is 14.0 Å². The van der Waals surface area contributed by atoms with E-state index in [-0.39, 0.29) is 11.8 Å². The van der Waals surface area contributed by atoms with Crippen LogP contribution in [0.4, 0.5) is 0 Å². The van der Waals surface area contributed by atoms with Gasteiger partial charge in [-0.25, -0.2) is 0 Å². The first-order valence-corrected chi connectivity index (χ1v) is 11.9. The minimum Gasteiger partial charge on any atom is -0.467 e. The smallest absolute Gasteiger partial charge is 0.255 e. The Morgan fingerprint density at radius 1 is 0.970 bits per heavy atom. The zero-order valence-corrected chi connectivity index (χ0v) is 18.8. The lowest BCUT2D eigenvalue weighted by molar-refractivity contribution is -0.127. The Bertz CT molecular complexity index is 1100. The number of carbonyl (C=O) groups excluding carboxylic acids is 2. The normalized spacial score (nSPS) is 19.3. The molecule has 2 heterocycles. The summed E-state index contributed by atoms with van der Waals surface area (Å²) in [5, 5.41) is 3.21. The minimum absolute atomic E-state index is 0.00256. The highest BCUT2D eigenvalue weighted by Crippen LogP contribution is 2.49. The van der Waals surface area contributed by atoms with Crippen LogP contribution in [0.3, 0.4) is 0 Å². The molecule has 0 bridgehead atoms. The van der Waals surface area contributed by atoms with Gasteiger partial charge in [0.25, 0.3) is 5.91 Å². The van der Waals surface area contributed by atoms with E-state index in [0.717, 1.165) is 49.8 Å². The molecule has 1 spiro atoms. The standard InChI is InChI=1S/C28H30N2O3/c31-26(29-18-15-21-10-3-1-4-11-21)25-23-13-5-6-14-24(23)27(32)30(20-22-12-9-19-33-22)28(25)16-7-2-8-17-28/h1,3-6,9-14,19,25H,2,7-8,15-18,20H2,(H,29,31). The van der Waals surface area contributed by atoms with E-state index in [2.05, 4.69) is 17.4 Å². The maximum Gasteiger partial charge on any atom is 0.255 e. The van der Waals surface area contributed by atoms with E-state index >= 15 is 0 Å². The SMILES string of the molecule is O=C(NCCc1ccccc1)C1c2ccccc2C(=O)N(Cc2ccco2)C12CCCCC2. The first-order chi connectivity index (χ1) is 16.2. The lowest BCUT2D eigenvalue weighted by atomic mass is 9.65. The fourth-order valence-corrected chi connectivity index (χ4v) is 5.71. The van der Waals surface area contributed by atoms with Crippen LogP contribution in [0, 0.1) is 0 Å². The molecule has 33 heavy (non-hydrogen) atoms. The second-order valence-electron chi connectivity index (χ2n) is 9.18. The number of nitrogens with one attached hydrogen (secondary N) is 1. The van der Waals surface area contributed by atoms with Crippen LogP contribution in [0.1, 0.15) is 65.3 Å². The highest BCUT2D eigenvalue weighted by Gasteiger charge is 2.54. The molecule has 3 aromatic rings. The van der Waals surface area contributed by atoms with Crippen molar-refractivity contribution in [1.82, 2.24) is 10.2 Å². The fraction of sp³-hybridized carbons (Fsp3) is 0.357. The third-order valence-corrected chi connectivity index (χ3v) is 7.25. The van der Waals surface area contributed by atoms with E-state index in [1.165, 1.54) is 5.56 Å². The average molecular weight is 443 g/mol. The van der Waals surface area contributed by atoms with Gasteiger partial charge < -0.3 is 14.6 Å². The lowest BCUT2D eigenvalue weighted by Crippen LogP contribution is -2.62. The van der Waals surface area contributed by atoms with Crippen LogP contribution in [0.15, 0.2) is 77.4 Å². The molecule has 2 aromatic carbocycles. The van der Waals surface area contributed by atoms with Gasteiger partial charge in [0.1, 0.15) is 5.76 Å². The summed E-state index contributed by atoms with van der Waals surface area (Å²) in [6.45, 7) is 0.956. The molecule has 5 nitrogen and oxygen atoms in total. The van der Waals surface area contributed by atoms with Crippen LogP contribution in [0.2, 0.25) is 0 Å². The van der Waals surface area contributed by atoms with Crippen molar-refractivity contribution in [2.24, 2.45) is 0 Å². The van der Waals surface area contributed by atoms with E-state index in [0.29, 0.717) is 18.7 Å². The van der Waals surface area contributed by atoms with Crippen LogP contribution in [0.25, 0.3) is 0 Å². The maximum absolute atomic E-state index is 13.8. The summed E-state index contributed by atoms with van der Waals surface area (Å²) in [5.41, 5.74) is 2.15. The third kappa shape index (κ3) is 4.08. The average Bonchev–Trinajstić information content (AvgIpc) is 3.37. The van der Waals surface area contributed by atoms with Gasteiger partial charge >= 0.3 is 0 Å². The number of carbonyl (C=O) groups is 2. The summed E-state index contributed by atoms with van der Waals surface area (Å²) in [7, 11) is 0. The molecule has 2 amide bonds. The van der Waals surface area contributed by atoms with Crippen molar-refractivity contribution in [3.8, 4) is 0 Å². The van der Waals surface area contributed by atoms with Crippen LogP contribution in [-0.4, -0.2) is 28.8 Å². The van der Waals surface area contributed by atoms with Crippen LogP contribution < -0.4 is 5.32 Å². The van der Waals surface area contributed by atoms with Crippen molar-refractivity contribution >= 4 is 11.8 Å². The third-order valence-electron chi connectivity index (χ3n) is 7.25. The van der Waals surface area contributed by atoms with Crippen LogP contribution >= 0.6 is 0 Å². The molecule has 5 heteroatoms. The van der Waals surface area contributed by atoms with Crippen molar-refractivity contribution in [3.05, 3.63) is 95.4 Å². The zero-order chi connectivity index (χ0) is 22.7. The molecule has 0 saturated heterocycles. The molecule has 1 aromatic heterocycles. The van der Waals surface area contributed by atoms with Gasteiger partial charge in [-0.1, -0.05) is 67.8 Å². The number of nitrogens with zero attached hydrogens (tertiary/aromatic N) is 1. The summed E-state index contributed by atoms with van der Waals surface area (Å²) < 4.78 is 5.62. The summed E-state index contributed by atoms with van der Waals surface area (Å²) in [4.78, 5) is 29.5. The zero-order valence-electron chi connectivity index (χ0n) is 18.8. The molecule has 1 aliphatic heterocycles. The van der Waals surface area contributed by atoms with E-state index in [4.69, 9.17) is 4.42 Å². The Hall–Kier alpha value is -3.34. The summed E-state index contributed by atoms with van der Waals surface area (Å²) in [6.07, 6.45) is 7.22. The number of fused-ring (bicyclic) bond motifs is 1. The molecular formula is C28H30N2O3. The van der Waals surface area contributed by atoms with Gasteiger partial charge in [-0.2, -0.15) is 0 Å². The van der Waals surface area contributed by atoms with Crippen molar-refractivity contribution in [3.63, 3.8) is 0 Å². The second kappa shape index (κ2) is 9.26. The van der Waals surface area contributed by atoms with E-state index < -0.39 is 11.5 Å². The lowest BCUT2D eigenvalue weighted by Gasteiger charge is -2.53. The van der Waals surface area contributed by atoms with Crippen molar-refractivity contribution in [1.29, 1.82) is 0 Å². The number of amides is 2. The Morgan fingerprint density at radius 3 is 2.48 bits per heavy atom. The topological polar surface area (TPSA) is 62.6 Å². The quantitative estimate of drug-likeness (QED) is 0.579. The van der Waals surface area contributed by atoms with Gasteiger partial charge in [-0.05, 0) is 48.6 Å². The number of furan rings is 1. The van der Waals surface area contributed by atoms with Gasteiger partial charge in [-0.3, -0.25) is 9.59 Å². The largest absolute Gasteiger partial charge is 0.467 e. The summed E-state index contributed by atoms with van der Waals surface area (Å²) in [5.74, 6) is 0.364. The van der Waals surface area contributed by atoms with Crippen LogP contribution in [-0.2, 0) is 17.8 Å². The van der Waals surface area contributed by atoms with Gasteiger partial charge in [0, 0.05) is 12.1 Å². The fourth-order valence-electron chi connectivity index (χ4n) is 5.71. The Morgan fingerprint density at radius 2 is 1.73 bits per heavy atom. The van der Waals surface area contributed by atoms with Gasteiger partial charge in [0.05, 0.1) is 24.3 Å². The first-order valence-electron chi connectivity index (χ1n) is 11.9. The van der Waals surface area contributed by atoms with Crippen LogP contribution in [0.5, 0.6) is 0 Å². The Labute approximate surface area is 194 Å². The molecule has 1 saturated carbocycles. The number of benzene rings is 2. The van der Waals surface area contributed by atoms with Crippen molar-refractivity contribution in [2.75, 3.05) is 6.54 Å². The molecule has 1 atom stereocenters. The molecule has 1 unspecified atom stereocenters. The first kappa shape index (κ1) is 21.5. The molecule has 1 N–H and O–H groups in total. The molecule has 1 aliphatic carbocycles. The predicted octanol–water partition coefficient (Wildman–Crippen LogP) is 5.08. The molecule has 0 radical (unpaired) electrons. The summed E-state index contributed by atoms with van der Waals surface area (Å²) >= 11 is 0. The molecule has 170 valence electrons. The molecule has 1 fully saturated rings. The molecular weight excluding hydrogens is 412 g/mol. The highest BCUT2D eigenvalue weighted by molar-refractivity contribution is 6.02. The summed E-state index contributed by atoms with van der Waals surface area (Å²) in [6, 6.07) is 21.6. The predicted molar refractivity (Wildman–Crippen MR) is 127 cm³/mol. The van der Waals surface area contributed by atoms with Gasteiger partial charge in [0.15, 0.2) is 0 Å². The van der Waals surface area contributed by atoms with Gasteiger partial charge in [0.2, 0.25) is 5.91 Å². The second-order valence-corrected chi connectivity index (χ2v) is 9.18. The van der Waals surface area contributed by atoms with E-state index in [1.807, 2.05) is 59.5 Å². The van der Waals surface area contributed by atoms with Gasteiger partial charge in [-0.15, -0.1) is 0 Å². The molecule has 2 aliphatic rings. The number of hydrogen-bond acceptors (Lipinski definition) is 3. The highest BCUT2D eigenvalue weighted by atomic mass is 16.3. The number of hydrogen-bond donors (Lipinski definition) is 1. The van der Waals surface area contributed by atoms with E-state index in [1.54, 1.807) is 6.26 Å². The minimum atomic E-state index is -0.534. The maximum atomic E-state index is 13.8. The van der Waals surface area contributed by atoms with Crippen molar-refractivity contribution in [2.45, 2.75) is 56.5 Å². The monoisotopic (exact) mass is 442 g/mol. The van der Waals surface area contributed by atoms with E-state index in [9.17, 15) is 9.59 Å². The number of rotatable bonds is 6.